The number of hydrogen-bond donors (Lipinski definition) is 2. The number of benzene rings is 1. The van der Waals surface area contributed by atoms with Crippen LogP contribution in [0, 0.1) is 5.92 Å². The molecule has 0 spiro atoms. The molecule has 0 bridgehead atoms. The number of halogens is 1. The maximum Gasteiger partial charge on any atom is 0.120 e. The first kappa shape index (κ1) is 16.6. The SMILES string of the molecule is C[C@H](NCC(O)COc1cccc(Cl)c1)C1CCCCC1. The Kier molecular flexibility index (Phi) is 6.81. The molecule has 2 N–H and O–H groups in total. The molecule has 3 nitrogen and oxygen atoms in total. The van der Waals surface area contributed by atoms with E-state index in [1.807, 2.05) is 12.1 Å². The lowest BCUT2D eigenvalue weighted by Gasteiger charge is -2.29. The number of rotatable bonds is 7. The first-order valence-corrected chi connectivity index (χ1v) is 8.33. The van der Waals surface area contributed by atoms with E-state index in [2.05, 4.69) is 12.2 Å². The molecule has 2 atom stereocenters. The molecule has 1 aliphatic carbocycles. The van der Waals surface area contributed by atoms with E-state index in [0.29, 0.717) is 23.4 Å². The van der Waals surface area contributed by atoms with Crippen LogP contribution < -0.4 is 10.1 Å². The standard InChI is InChI=1S/C17H26ClNO2/c1-13(14-6-3-2-4-7-14)19-11-16(20)12-21-17-9-5-8-15(18)10-17/h5,8-10,13-14,16,19-20H,2-4,6-7,11-12H2,1H3/t13-,16?/m0/s1. The van der Waals surface area contributed by atoms with Gasteiger partial charge < -0.3 is 15.2 Å². The van der Waals surface area contributed by atoms with Crippen molar-refractivity contribution in [3.63, 3.8) is 0 Å². The minimum absolute atomic E-state index is 0.282. The molecular formula is C17H26ClNO2. The van der Waals surface area contributed by atoms with E-state index >= 15 is 0 Å². The Balaban J connectivity index is 1.66. The van der Waals surface area contributed by atoms with Crippen molar-refractivity contribution in [3.8, 4) is 5.75 Å². The van der Waals surface area contributed by atoms with Crippen LogP contribution in [0.5, 0.6) is 5.75 Å². The summed E-state index contributed by atoms with van der Waals surface area (Å²) in [5, 5.41) is 14.1. The second-order valence-electron chi connectivity index (χ2n) is 6.02. The van der Waals surface area contributed by atoms with Crippen molar-refractivity contribution in [2.24, 2.45) is 5.92 Å². The van der Waals surface area contributed by atoms with E-state index in [4.69, 9.17) is 16.3 Å². The third kappa shape index (κ3) is 5.85. The molecule has 2 rings (SSSR count). The number of aliphatic hydroxyl groups excluding tert-OH is 1. The summed E-state index contributed by atoms with van der Waals surface area (Å²) in [5.74, 6) is 1.45. The van der Waals surface area contributed by atoms with Gasteiger partial charge >= 0.3 is 0 Å². The monoisotopic (exact) mass is 311 g/mol. The van der Waals surface area contributed by atoms with E-state index < -0.39 is 6.10 Å². The van der Waals surface area contributed by atoms with E-state index in [9.17, 15) is 5.11 Å². The van der Waals surface area contributed by atoms with Crippen molar-refractivity contribution < 1.29 is 9.84 Å². The Hall–Kier alpha value is -0.770. The maximum atomic E-state index is 10.0. The minimum atomic E-state index is -0.505. The Bertz CT molecular complexity index is 421. The molecule has 1 fully saturated rings. The van der Waals surface area contributed by atoms with Gasteiger partial charge in [-0.1, -0.05) is 36.9 Å². The zero-order valence-electron chi connectivity index (χ0n) is 12.7. The van der Waals surface area contributed by atoms with E-state index in [-0.39, 0.29) is 6.61 Å². The van der Waals surface area contributed by atoms with Gasteiger partial charge in [-0.05, 0) is 43.9 Å². The van der Waals surface area contributed by atoms with Crippen LogP contribution in [0.1, 0.15) is 39.0 Å². The summed E-state index contributed by atoms with van der Waals surface area (Å²) in [5.41, 5.74) is 0. The zero-order valence-corrected chi connectivity index (χ0v) is 13.5. The average Bonchev–Trinajstić information content (AvgIpc) is 2.51. The molecule has 0 amide bonds. The molecule has 1 aromatic carbocycles. The fourth-order valence-electron chi connectivity index (χ4n) is 2.93. The molecule has 1 saturated carbocycles. The van der Waals surface area contributed by atoms with Crippen molar-refractivity contribution in [2.75, 3.05) is 13.2 Å². The molecule has 1 unspecified atom stereocenters. The summed E-state index contributed by atoms with van der Waals surface area (Å²) in [7, 11) is 0. The Morgan fingerprint density at radius 1 is 1.33 bits per heavy atom. The topological polar surface area (TPSA) is 41.5 Å². The van der Waals surface area contributed by atoms with Crippen LogP contribution in [-0.2, 0) is 0 Å². The van der Waals surface area contributed by atoms with Crippen LogP contribution in [-0.4, -0.2) is 30.4 Å². The lowest BCUT2D eigenvalue weighted by Crippen LogP contribution is -2.40. The number of hydrogen-bond acceptors (Lipinski definition) is 3. The molecule has 1 aromatic rings. The average molecular weight is 312 g/mol. The zero-order chi connectivity index (χ0) is 15.1. The first-order chi connectivity index (χ1) is 10.1. The third-order valence-electron chi connectivity index (χ3n) is 4.27. The van der Waals surface area contributed by atoms with Crippen molar-refractivity contribution >= 4 is 11.6 Å². The molecular weight excluding hydrogens is 286 g/mol. The predicted molar refractivity (Wildman–Crippen MR) is 87.0 cm³/mol. The van der Waals surface area contributed by atoms with Crippen LogP contribution in [0.4, 0.5) is 0 Å². The minimum Gasteiger partial charge on any atom is -0.491 e. The van der Waals surface area contributed by atoms with Gasteiger partial charge in [-0.25, -0.2) is 0 Å². The van der Waals surface area contributed by atoms with Gasteiger partial charge in [-0.3, -0.25) is 0 Å². The molecule has 1 aliphatic rings. The highest BCUT2D eigenvalue weighted by molar-refractivity contribution is 6.30. The molecule has 0 saturated heterocycles. The number of ether oxygens (including phenoxy) is 1. The highest BCUT2D eigenvalue weighted by atomic mass is 35.5. The summed E-state index contributed by atoms with van der Waals surface area (Å²) >= 11 is 5.89. The second kappa shape index (κ2) is 8.62. The van der Waals surface area contributed by atoms with Crippen LogP contribution in [0.3, 0.4) is 0 Å². The molecule has 0 aliphatic heterocycles. The number of nitrogens with one attached hydrogen (secondary N) is 1. The van der Waals surface area contributed by atoms with Crippen LogP contribution in [0.2, 0.25) is 5.02 Å². The summed E-state index contributed by atoms with van der Waals surface area (Å²) in [4.78, 5) is 0. The van der Waals surface area contributed by atoms with Gasteiger partial charge in [0.05, 0.1) is 0 Å². The summed E-state index contributed by atoms with van der Waals surface area (Å²) in [6.07, 6.45) is 6.18. The first-order valence-electron chi connectivity index (χ1n) is 7.95. The van der Waals surface area contributed by atoms with Crippen LogP contribution >= 0.6 is 11.6 Å². The molecule has 21 heavy (non-hydrogen) atoms. The lowest BCUT2D eigenvalue weighted by molar-refractivity contribution is 0.100. The molecule has 4 heteroatoms. The van der Waals surface area contributed by atoms with Gasteiger partial charge in [0.2, 0.25) is 0 Å². The highest BCUT2D eigenvalue weighted by Crippen LogP contribution is 2.26. The normalized spacial score (nSPS) is 19.2. The Labute approximate surface area is 132 Å². The quantitative estimate of drug-likeness (QED) is 0.808. The van der Waals surface area contributed by atoms with Gasteiger partial charge in [0.15, 0.2) is 0 Å². The van der Waals surface area contributed by atoms with Gasteiger partial charge in [-0.2, -0.15) is 0 Å². The maximum absolute atomic E-state index is 10.0. The van der Waals surface area contributed by atoms with Gasteiger partial charge in [0, 0.05) is 17.6 Å². The van der Waals surface area contributed by atoms with Gasteiger partial charge in [0.1, 0.15) is 18.5 Å². The van der Waals surface area contributed by atoms with Crippen molar-refractivity contribution in [2.45, 2.75) is 51.2 Å². The Morgan fingerprint density at radius 3 is 2.81 bits per heavy atom. The van der Waals surface area contributed by atoms with Gasteiger partial charge in [-0.15, -0.1) is 0 Å². The molecule has 0 aromatic heterocycles. The molecule has 118 valence electrons. The second-order valence-corrected chi connectivity index (χ2v) is 6.45. The lowest BCUT2D eigenvalue weighted by atomic mass is 9.84. The predicted octanol–water partition coefficient (Wildman–Crippen LogP) is 3.64. The van der Waals surface area contributed by atoms with Crippen molar-refractivity contribution in [1.82, 2.24) is 5.32 Å². The smallest absolute Gasteiger partial charge is 0.120 e. The van der Waals surface area contributed by atoms with E-state index in [0.717, 1.165) is 5.92 Å². The number of aliphatic hydroxyl groups is 1. The van der Waals surface area contributed by atoms with Crippen molar-refractivity contribution in [1.29, 1.82) is 0 Å². The fraction of sp³-hybridized carbons (Fsp3) is 0.647. The van der Waals surface area contributed by atoms with Crippen LogP contribution in [0.25, 0.3) is 0 Å². The fourth-order valence-corrected chi connectivity index (χ4v) is 3.11. The summed E-state index contributed by atoms with van der Waals surface area (Å²) < 4.78 is 5.55. The summed E-state index contributed by atoms with van der Waals surface area (Å²) in [6, 6.07) is 7.71. The summed E-state index contributed by atoms with van der Waals surface area (Å²) in [6.45, 7) is 3.07. The Morgan fingerprint density at radius 2 is 2.10 bits per heavy atom. The molecule has 0 radical (unpaired) electrons. The van der Waals surface area contributed by atoms with E-state index in [1.165, 1.54) is 32.1 Å². The van der Waals surface area contributed by atoms with E-state index in [1.54, 1.807) is 12.1 Å². The van der Waals surface area contributed by atoms with Gasteiger partial charge in [0.25, 0.3) is 0 Å². The third-order valence-corrected chi connectivity index (χ3v) is 4.51. The highest BCUT2D eigenvalue weighted by Gasteiger charge is 2.20. The van der Waals surface area contributed by atoms with Crippen molar-refractivity contribution in [3.05, 3.63) is 29.3 Å². The molecule has 0 heterocycles. The largest absolute Gasteiger partial charge is 0.491 e. The van der Waals surface area contributed by atoms with Crippen LogP contribution in [0.15, 0.2) is 24.3 Å².